The zero-order valence-corrected chi connectivity index (χ0v) is 12.7. The van der Waals surface area contributed by atoms with E-state index in [0.717, 1.165) is 16.9 Å². The maximum Gasteiger partial charge on any atom is 0.350 e. The van der Waals surface area contributed by atoms with E-state index in [1.54, 1.807) is 6.92 Å². The molecule has 2 aromatic rings. The zero-order chi connectivity index (χ0) is 15.2. The molecular formula is C15H16N2O3S. The highest BCUT2D eigenvalue weighted by Crippen LogP contribution is 2.23. The van der Waals surface area contributed by atoms with Gasteiger partial charge < -0.3 is 10.1 Å². The van der Waals surface area contributed by atoms with Crippen LogP contribution >= 0.6 is 11.3 Å². The lowest BCUT2D eigenvalue weighted by Crippen LogP contribution is -2.12. The number of aromatic nitrogens is 1. The fourth-order valence-corrected chi connectivity index (χ4v) is 2.72. The molecule has 0 atom stereocenters. The molecule has 0 aliphatic rings. The number of nitrogens with zero attached hydrogens (tertiary/aromatic N) is 1. The Bertz CT molecular complexity index is 638. The van der Waals surface area contributed by atoms with Crippen molar-refractivity contribution in [3.63, 3.8) is 0 Å². The van der Waals surface area contributed by atoms with Crippen molar-refractivity contribution in [3.8, 4) is 0 Å². The molecule has 21 heavy (non-hydrogen) atoms. The number of nitrogens with one attached hydrogen (secondary N) is 1. The third-order valence-corrected chi connectivity index (χ3v) is 3.95. The lowest BCUT2D eigenvalue weighted by molar-refractivity contribution is -0.116. The Labute approximate surface area is 127 Å². The third kappa shape index (κ3) is 4.13. The van der Waals surface area contributed by atoms with Gasteiger partial charge >= 0.3 is 5.97 Å². The average molecular weight is 304 g/mol. The molecule has 0 bridgehead atoms. The van der Waals surface area contributed by atoms with Crippen LogP contribution in [0.3, 0.4) is 0 Å². The topological polar surface area (TPSA) is 68.3 Å². The molecule has 0 spiro atoms. The van der Waals surface area contributed by atoms with Crippen molar-refractivity contribution >= 4 is 28.3 Å². The van der Waals surface area contributed by atoms with Gasteiger partial charge in [0.25, 0.3) is 0 Å². The van der Waals surface area contributed by atoms with E-state index in [9.17, 15) is 9.59 Å². The predicted molar refractivity (Wildman–Crippen MR) is 81.6 cm³/mol. The number of carbonyl (C=O) groups is 2. The largest absolute Gasteiger partial charge is 0.465 e. The van der Waals surface area contributed by atoms with Crippen molar-refractivity contribution < 1.29 is 14.3 Å². The van der Waals surface area contributed by atoms with Gasteiger partial charge in [0.05, 0.1) is 12.8 Å². The Balaban J connectivity index is 1.92. The van der Waals surface area contributed by atoms with Crippen LogP contribution in [-0.2, 0) is 16.0 Å². The van der Waals surface area contributed by atoms with Gasteiger partial charge in [0.2, 0.25) is 5.91 Å². The van der Waals surface area contributed by atoms with Crippen molar-refractivity contribution in [1.29, 1.82) is 0 Å². The van der Waals surface area contributed by atoms with Crippen LogP contribution in [0.15, 0.2) is 30.3 Å². The third-order valence-electron chi connectivity index (χ3n) is 2.90. The molecule has 1 N–H and O–H groups in total. The summed E-state index contributed by atoms with van der Waals surface area (Å²) in [5, 5.41) is 3.14. The molecule has 0 aliphatic heterocycles. The highest BCUT2D eigenvalue weighted by atomic mass is 32.1. The predicted octanol–water partition coefficient (Wildman–Crippen LogP) is 2.81. The fraction of sp³-hybridized carbons (Fsp3) is 0.267. The van der Waals surface area contributed by atoms with Crippen LogP contribution in [0.2, 0.25) is 0 Å². The highest BCUT2D eigenvalue weighted by Gasteiger charge is 2.16. The maximum atomic E-state index is 11.9. The summed E-state index contributed by atoms with van der Waals surface area (Å²) >= 11 is 1.12. The summed E-state index contributed by atoms with van der Waals surface area (Å²) in [5.41, 5.74) is 1.67. The van der Waals surface area contributed by atoms with E-state index in [2.05, 4.69) is 15.0 Å². The number of carbonyl (C=O) groups excluding carboxylic acids is 2. The minimum absolute atomic E-state index is 0.121. The first kappa shape index (κ1) is 15.2. The van der Waals surface area contributed by atoms with Crippen molar-refractivity contribution in [2.24, 2.45) is 0 Å². The molecule has 1 aromatic heterocycles. The molecule has 0 saturated heterocycles. The van der Waals surface area contributed by atoms with Crippen molar-refractivity contribution in [3.05, 3.63) is 46.5 Å². The van der Waals surface area contributed by atoms with Gasteiger partial charge in [-0.2, -0.15) is 0 Å². The second-order valence-electron chi connectivity index (χ2n) is 4.46. The van der Waals surface area contributed by atoms with Gasteiger partial charge in [-0.1, -0.05) is 41.7 Å². The number of thiazole rings is 1. The summed E-state index contributed by atoms with van der Waals surface area (Å²) in [6, 6.07) is 9.79. The van der Waals surface area contributed by atoms with Crippen LogP contribution in [0.25, 0.3) is 0 Å². The average Bonchev–Trinajstić information content (AvgIpc) is 2.86. The van der Waals surface area contributed by atoms with Crippen molar-refractivity contribution in [2.45, 2.75) is 19.8 Å². The molecule has 0 radical (unpaired) electrons. The summed E-state index contributed by atoms with van der Waals surface area (Å²) in [4.78, 5) is 27.9. The fourth-order valence-electron chi connectivity index (χ4n) is 1.82. The number of hydrogen-bond acceptors (Lipinski definition) is 5. The minimum Gasteiger partial charge on any atom is -0.465 e. The van der Waals surface area contributed by atoms with Crippen molar-refractivity contribution in [2.75, 3.05) is 12.4 Å². The lowest BCUT2D eigenvalue weighted by Gasteiger charge is -2.01. The first-order valence-corrected chi connectivity index (χ1v) is 7.31. The Hall–Kier alpha value is -2.21. The van der Waals surface area contributed by atoms with E-state index in [4.69, 9.17) is 0 Å². The lowest BCUT2D eigenvalue weighted by atomic mass is 10.1. The normalized spacial score (nSPS) is 10.2. The van der Waals surface area contributed by atoms with E-state index in [1.807, 2.05) is 30.3 Å². The number of rotatable bonds is 5. The number of amides is 1. The SMILES string of the molecule is COC(=O)c1sc(NC(=O)CCc2ccccc2)nc1C. The quantitative estimate of drug-likeness (QED) is 0.862. The summed E-state index contributed by atoms with van der Waals surface area (Å²) in [6.45, 7) is 1.71. The first-order valence-electron chi connectivity index (χ1n) is 6.49. The van der Waals surface area contributed by atoms with E-state index >= 15 is 0 Å². The maximum absolute atomic E-state index is 11.9. The number of ether oxygens (including phenoxy) is 1. The molecule has 1 heterocycles. The van der Waals surface area contributed by atoms with E-state index in [0.29, 0.717) is 28.5 Å². The van der Waals surface area contributed by atoms with Crippen LogP contribution < -0.4 is 5.32 Å². The number of esters is 1. The summed E-state index contributed by atoms with van der Waals surface area (Å²) in [6.07, 6.45) is 1.04. The molecule has 0 saturated carbocycles. The molecule has 5 nitrogen and oxygen atoms in total. The summed E-state index contributed by atoms with van der Waals surface area (Å²) in [5.74, 6) is -0.557. The molecule has 6 heteroatoms. The summed E-state index contributed by atoms with van der Waals surface area (Å²) < 4.78 is 4.66. The van der Waals surface area contributed by atoms with Crippen LogP contribution in [0.4, 0.5) is 5.13 Å². The number of hydrogen-bond donors (Lipinski definition) is 1. The van der Waals surface area contributed by atoms with Crippen LogP contribution in [-0.4, -0.2) is 24.0 Å². The standard InChI is InChI=1S/C15H16N2O3S/c1-10-13(14(19)20-2)21-15(16-10)17-12(18)9-8-11-6-4-3-5-7-11/h3-7H,8-9H2,1-2H3,(H,16,17,18). The highest BCUT2D eigenvalue weighted by molar-refractivity contribution is 7.17. The smallest absolute Gasteiger partial charge is 0.350 e. The van der Waals surface area contributed by atoms with Crippen LogP contribution in [0, 0.1) is 6.92 Å². The minimum atomic E-state index is -0.435. The molecule has 110 valence electrons. The molecule has 0 aliphatic carbocycles. The second-order valence-corrected chi connectivity index (χ2v) is 5.46. The molecule has 2 rings (SSSR count). The van der Waals surface area contributed by atoms with Crippen LogP contribution in [0.1, 0.15) is 27.3 Å². The van der Waals surface area contributed by atoms with Gasteiger partial charge in [-0.05, 0) is 18.9 Å². The molecule has 1 amide bonds. The van der Waals surface area contributed by atoms with Gasteiger partial charge in [0.15, 0.2) is 5.13 Å². The number of aryl methyl sites for hydroxylation is 2. The molecule has 0 fully saturated rings. The molecular weight excluding hydrogens is 288 g/mol. The van der Waals surface area contributed by atoms with Crippen molar-refractivity contribution in [1.82, 2.24) is 4.98 Å². The number of anilines is 1. The Morgan fingerprint density at radius 2 is 2.00 bits per heavy atom. The van der Waals surface area contributed by atoms with E-state index < -0.39 is 5.97 Å². The Kier molecular flexibility index (Phi) is 5.05. The van der Waals surface area contributed by atoms with E-state index in [-0.39, 0.29) is 5.91 Å². The monoisotopic (exact) mass is 304 g/mol. The summed E-state index contributed by atoms with van der Waals surface area (Å²) in [7, 11) is 1.32. The molecule has 1 aromatic carbocycles. The van der Waals surface area contributed by atoms with Gasteiger partial charge in [-0.25, -0.2) is 9.78 Å². The first-order chi connectivity index (χ1) is 10.1. The zero-order valence-electron chi connectivity index (χ0n) is 11.9. The van der Waals surface area contributed by atoms with Gasteiger partial charge in [0.1, 0.15) is 4.88 Å². The van der Waals surface area contributed by atoms with Gasteiger partial charge in [-0.3, -0.25) is 4.79 Å². The molecule has 0 unspecified atom stereocenters. The van der Waals surface area contributed by atoms with Crippen LogP contribution in [0.5, 0.6) is 0 Å². The Morgan fingerprint density at radius 1 is 1.29 bits per heavy atom. The van der Waals surface area contributed by atoms with Gasteiger partial charge in [0, 0.05) is 6.42 Å². The Morgan fingerprint density at radius 3 is 2.67 bits per heavy atom. The number of benzene rings is 1. The van der Waals surface area contributed by atoms with Gasteiger partial charge in [-0.15, -0.1) is 0 Å². The van der Waals surface area contributed by atoms with E-state index in [1.165, 1.54) is 7.11 Å². The number of methoxy groups -OCH3 is 1. The second kappa shape index (κ2) is 6.99.